The van der Waals surface area contributed by atoms with Gasteiger partial charge in [-0.25, -0.2) is 14.8 Å². The van der Waals surface area contributed by atoms with Gasteiger partial charge >= 0.3 is 12.1 Å². The van der Waals surface area contributed by atoms with Gasteiger partial charge in [0.05, 0.1) is 18.2 Å². The largest absolute Gasteiger partial charge is 0.465 e. The van der Waals surface area contributed by atoms with Crippen LogP contribution in [-0.2, 0) is 10.9 Å². The summed E-state index contributed by atoms with van der Waals surface area (Å²) < 4.78 is 45.5. The molecule has 0 bridgehead atoms. The lowest BCUT2D eigenvalue weighted by molar-refractivity contribution is -0.144. The van der Waals surface area contributed by atoms with Crippen LogP contribution in [0.4, 0.5) is 19.0 Å². The minimum atomic E-state index is -4.71. The lowest BCUT2D eigenvalue weighted by Gasteiger charge is -2.38. The van der Waals surface area contributed by atoms with Crippen molar-refractivity contribution in [3.8, 4) is 0 Å². The molecule has 1 unspecified atom stereocenters. The number of carbonyl (C=O) groups excluding carboxylic acids is 2. The number of methoxy groups -OCH3 is 1. The van der Waals surface area contributed by atoms with Gasteiger partial charge in [0.1, 0.15) is 5.82 Å². The third-order valence-corrected chi connectivity index (χ3v) is 7.27. The van der Waals surface area contributed by atoms with Crippen LogP contribution >= 0.6 is 11.6 Å². The maximum absolute atomic E-state index is 13.6. The molecule has 0 spiro atoms. The molecule has 2 saturated heterocycles. The van der Waals surface area contributed by atoms with Crippen molar-refractivity contribution in [1.29, 1.82) is 0 Å². The second-order valence-electron chi connectivity index (χ2n) is 9.32. The zero-order chi connectivity index (χ0) is 27.0. The van der Waals surface area contributed by atoms with Gasteiger partial charge < -0.3 is 14.5 Å². The first-order chi connectivity index (χ1) is 18.1. The van der Waals surface area contributed by atoms with E-state index in [0.29, 0.717) is 55.2 Å². The van der Waals surface area contributed by atoms with Crippen molar-refractivity contribution in [1.82, 2.24) is 19.8 Å². The highest BCUT2D eigenvalue weighted by atomic mass is 35.5. The fourth-order valence-electron chi connectivity index (χ4n) is 5.02. The maximum atomic E-state index is 13.6. The van der Waals surface area contributed by atoms with E-state index in [1.165, 1.54) is 25.3 Å². The smallest absolute Gasteiger partial charge is 0.451 e. The Morgan fingerprint density at radius 1 is 0.974 bits per heavy atom. The number of piperazine rings is 1. The van der Waals surface area contributed by atoms with Crippen molar-refractivity contribution < 1.29 is 27.5 Å². The van der Waals surface area contributed by atoms with Gasteiger partial charge in [-0.1, -0.05) is 11.6 Å². The number of ether oxygens (including phenoxy) is 1. The third kappa shape index (κ3) is 5.25. The number of hydrogen-bond donors (Lipinski definition) is 0. The fourth-order valence-corrected chi connectivity index (χ4v) is 5.15. The molecule has 2 fully saturated rings. The molecule has 12 heteroatoms. The van der Waals surface area contributed by atoms with Gasteiger partial charge in [-0.15, -0.1) is 0 Å². The van der Waals surface area contributed by atoms with Crippen molar-refractivity contribution in [2.75, 3.05) is 51.3 Å². The van der Waals surface area contributed by atoms with Gasteiger partial charge in [-0.05, 0) is 48.9 Å². The SMILES string of the molecule is COC(=O)c1ccc2nc(C(F)(F)F)nc(N3CCC(N4CCN(C(=O)c5ccc(Cl)cc5)CC4)C3)c2c1. The number of benzene rings is 2. The third-order valence-electron chi connectivity index (χ3n) is 7.02. The van der Waals surface area contributed by atoms with Gasteiger partial charge in [0, 0.05) is 61.3 Å². The van der Waals surface area contributed by atoms with Crippen LogP contribution in [0, 0.1) is 0 Å². The van der Waals surface area contributed by atoms with E-state index < -0.39 is 18.0 Å². The average Bonchev–Trinajstić information content (AvgIpc) is 3.41. The van der Waals surface area contributed by atoms with Crippen LogP contribution in [0.15, 0.2) is 42.5 Å². The van der Waals surface area contributed by atoms with E-state index in [9.17, 15) is 22.8 Å². The van der Waals surface area contributed by atoms with Crippen molar-refractivity contribution in [2.24, 2.45) is 0 Å². The first kappa shape index (κ1) is 26.2. The van der Waals surface area contributed by atoms with Crippen molar-refractivity contribution in [3.63, 3.8) is 0 Å². The summed E-state index contributed by atoms with van der Waals surface area (Å²) in [6.07, 6.45) is -3.98. The summed E-state index contributed by atoms with van der Waals surface area (Å²) in [7, 11) is 1.24. The Morgan fingerprint density at radius 3 is 2.32 bits per heavy atom. The molecule has 1 atom stereocenters. The van der Waals surface area contributed by atoms with E-state index in [2.05, 4.69) is 14.9 Å². The quantitative estimate of drug-likeness (QED) is 0.455. The summed E-state index contributed by atoms with van der Waals surface area (Å²) in [6, 6.07) is 11.1. The van der Waals surface area contributed by atoms with Gasteiger partial charge in [0.15, 0.2) is 0 Å². The van der Waals surface area contributed by atoms with Crippen LogP contribution in [0.3, 0.4) is 0 Å². The van der Waals surface area contributed by atoms with E-state index in [-0.39, 0.29) is 28.8 Å². The molecule has 38 heavy (non-hydrogen) atoms. The van der Waals surface area contributed by atoms with E-state index >= 15 is 0 Å². The number of aromatic nitrogens is 2. The Kier molecular flexibility index (Phi) is 7.15. The molecule has 0 N–H and O–H groups in total. The molecular weight excluding hydrogens is 523 g/mol. The highest BCUT2D eigenvalue weighted by molar-refractivity contribution is 6.30. The molecule has 200 valence electrons. The van der Waals surface area contributed by atoms with Crippen LogP contribution < -0.4 is 4.90 Å². The molecule has 8 nitrogen and oxygen atoms in total. The molecule has 1 aromatic heterocycles. The number of fused-ring (bicyclic) bond motifs is 1. The van der Waals surface area contributed by atoms with Crippen LogP contribution in [0.1, 0.15) is 33.0 Å². The predicted molar refractivity (Wildman–Crippen MR) is 135 cm³/mol. The van der Waals surface area contributed by atoms with Crippen LogP contribution in [-0.4, -0.2) is 84.1 Å². The Hall–Kier alpha value is -3.44. The zero-order valence-corrected chi connectivity index (χ0v) is 21.3. The topological polar surface area (TPSA) is 78.9 Å². The lowest BCUT2D eigenvalue weighted by Crippen LogP contribution is -2.52. The molecule has 3 heterocycles. The summed E-state index contributed by atoms with van der Waals surface area (Å²) in [4.78, 5) is 38.4. The number of amides is 1. The molecule has 0 saturated carbocycles. The summed E-state index contributed by atoms with van der Waals surface area (Å²) in [5.41, 5.74) is 0.895. The van der Waals surface area contributed by atoms with E-state index in [4.69, 9.17) is 16.3 Å². The zero-order valence-electron chi connectivity index (χ0n) is 20.5. The number of carbonyl (C=O) groups is 2. The minimum Gasteiger partial charge on any atom is -0.465 e. The molecule has 1 amide bonds. The normalized spacial score (nSPS) is 18.7. The number of alkyl halides is 3. The molecule has 0 radical (unpaired) electrons. The standard InChI is InChI=1S/C26H25ClF3N5O3/c1-38-24(37)17-4-7-21-20(14-17)22(32-25(31-21)26(28,29)30)35-9-8-19(15-35)33-10-12-34(13-11-33)23(36)16-2-5-18(27)6-3-16/h2-7,14,19H,8-13,15H2,1H3. The van der Waals surface area contributed by atoms with Crippen LogP contribution in [0.2, 0.25) is 5.02 Å². The summed E-state index contributed by atoms with van der Waals surface area (Å²) in [6.45, 7) is 3.38. The number of rotatable bonds is 4. The predicted octanol–water partition coefficient (Wildman–Crippen LogP) is 4.13. The van der Waals surface area contributed by atoms with E-state index in [1.807, 2.05) is 4.90 Å². The highest BCUT2D eigenvalue weighted by Crippen LogP contribution is 2.34. The molecular formula is C26H25ClF3N5O3. The molecule has 2 aromatic carbocycles. The van der Waals surface area contributed by atoms with Crippen molar-refractivity contribution >= 4 is 40.2 Å². The van der Waals surface area contributed by atoms with Gasteiger partial charge in [0.2, 0.25) is 5.82 Å². The highest BCUT2D eigenvalue weighted by Gasteiger charge is 2.38. The van der Waals surface area contributed by atoms with Gasteiger partial charge in [0.25, 0.3) is 5.91 Å². The van der Waals surface area contributed by atoms with Crippen molar-refractivity contribution in [2.45, 2.75) is 18.6 Å². The van der Waals surface area contributed by atoms with E-state index in [0.717, 1.165) is 6.42 Å². The number of nitrogens with zero attached hydrogens (tertiary/aromatic N) is 5. The van der Waals surface area contributed by atoms with Gasteiger partial charge in [-0.3, -0.25) is 9.69 Å². The number of halogens is 4. The summed E-state index contributed by atoms with van der Waals surface area (Å²) in [5.74, 6) is -1.72. The first-order valence-electron chi connectivity index (χ1n) is 12.1. The van der Waals surface area contributed by atoms with Crippen LogP contribution in [0.5, 0.6) is 0 Å². The van der Waals surface area contributed by atoms with Crippen molar-refractivity contribution in [3.05, 3.63) is 64.4 Å². The fraction of sp³-hybridized carbons (Fsp3) is 0.385. The van der Waals surface area contributed by atoms with Gasteiger partial charge in [-0.2, -0.15) is 13.2 Å². The van der Waals surface area contributed by atoms with E-state index in [1.54, 1.807) is 29.2 Å². The minimum absolute atomic E-state index is 0.0529. The number of hydrogen-bond acceptors (Lipinski definition) is 7. The Labute approximate surface area is 221 Å². The monoisotopic (exact) mass is 547 g/mol. The number of esters is 1. The number of anilines is 1. The lowest BCUT2D eigenvalue weighted by atomic mass is 10.1. The first-order valence-corrected chi connectivity index (χ1v) is 12.5. The summed E-state index contributed by atoms with van der Waals surface area (Å²) in [5, 5.41) is 0.928. The molecule has 5 rings (SSSR count). The second-order valence-corrected chi connectivity index (χ2v) is 9.75. The Morgan fingerprint density at radius 2 is 1.66 bits per heavy atom. The average molecular weight is 548 g/mol. The molecule has 3 aromatic rings. The Balaban J connectivity index is 1.32. The second kappa shape index (κ2) is 10.4. The maximum Gasteiger partial charge on any atom is 0.451 e. The van der Waals surface area contributed by atoms with Crippen LogP contribution in [0.25, 0.3) is 10.9 Å². The molecule has 0 aliphatic carbocycles. The molecule has 2 aliphatic rings. The Bertz CT molecular complexity index is 1360. The molecule has 2 aliphatic heterocycles. The summed E-state index contributed by atoms with van der Waals surface area (Å²) >= 11 is 5.92.